The molecule has 0 fully saturated rings. The van der Waals surface area contributed by atoms with Crippen molar-refractivity contribution in [1.82, 2.24) is 0 Å². The normalized spacial score (nSPS) is 17.6. The monoisotopic (exact) mass is 172 g/mol. The van der Waals surface area contributed by atoms with Crippen LogP contribution >= 0.6 is 0 Å². The second kappa shape index (κ2) is 3.07. The number of para-hydroxylation sites is 1. The summed E-state index contributed by atoms with van der Waals surface area (Å²) < 4.78 is 0. The van der Waals surface area contributed by atoms with Crippen LogP contribution in [0, 0.1) is 5.21 Å². The quantitative estimate of drug-likeness (QED) is 0.650. The van der Waals surface area contributed by atoms with Crippen molar-refractivity contribution in [1.29, 1.82) is 0 Å². The fraction of sp³-hybridized carbons (Fsp3) is 0.0909. The molecule has 1 aliphatic heterocycles. The highest BCUT2D eigenvalue weighted by Gasteiger charge is 2.15. The van der Waals surface area contributed by atoms with Crippen LogP contribution in [0.5, 0.6) is 0 Å². The summed E-state index contributed by atoms with van der Waals surface area (Å²) in [6.45, 7) is 3.58. The minimum Gasteiger partial charge on any atom is -0.754 e. The fourth-order valence-electron chi connectivity index (χ4n) is 1.54. The third-order valence-corrected chi connectivity index (χ3v) is 2.15. The summed E-state index contributed by atoms with van der Waals surface area (Å²) >= 11 is 0. The van der Waals surface area contributed by atoms with Crippen molar-refractivity contribution >= 4 is 5.69 Å². The van der Waals surface area contributed by atoms with Crippen molar-refractivity contribution in [2.45, 2.75) is 6.42 Å². The second-order valence-electron chi connectivity index (χ2n) is 2.99. The third-order valence-electron chi connectivity index (χ3n) is 2.15. The van der Waals surface area contributed by atoms with E-state index in [0.29, 0.717) is 6.42 Å². The van der Waals surface area contributed by atoms with Gasteiger partial charge in [-0.15, -0.1) is 0 Å². The maximum atomic E-state index is 11.6. The van der Waals surface area contributed by atoms with E-state index in [1.54, 1.807) is 12.2 Å². The maximum Gasteiger partial charge on any atom is 0.0337 e. The van der Waals surface area contributed by atoms with Gasteiger partial charge in [-0.2, -0.15) is 0 Å². The van der Waals surface area contributed by atoms with Crippen molar-refractivity contribution in [3.05, 3.63) is 59.5 Å². The van der Waals surface area contributed by atoms with E-state index in [0.717, 1.165) is 22.0 Å². The Hall–Kier alpha value is -1.54. The SMILES string of the molecule is C=CC=C1Cc2ccccc2N1[O-]. The van der Waals surface area contributed by atoms with E-state index in [4.69, 9.17) is 0 Å². The first-order valence-corrected chi connectivity index (χ1v) is 4.19. The van der Waals surface area contributed by atoms with Gasteiger partial charge in [-0.3, -0.25) is 0 Å². The van der Waals surface area contributed by atoms with E-state index in [1.165, 1.54) is 0 Å². The molecule has 1 aromatic carbocycles. The summed E-state index contributed by atoms with van der Waals surface area (Å²) in [6, 6.07) is 7.64. The Kier molecular flexibility index (Phi) is 1.91. The molecule has 66 valence electrons. The first-order chi connectivity index (χ1) is 6.33. The van der Waals surface area contributed by atoms with Gasteiger partial charge in [0.15, 0.2) is 0 Å². The lowest BCUT2D eigenvalue weighted by Gasteiger charge is -2.26. The lowest BCUT2D eigenvalue weighted by Crippen LogP contribution is -2.07. The molecule has 0 N–H and O–H groups in total. The number of rotatable bonds is 1. The fourth-order valence-corrected chi connectivity index (χ4v) is 1.54. The van der Waals surface area contributed by atoms with Crippen LogP contribution in [-0.4, -0.2) is 0 Å². The van der Waals surface area contributed by atoms with Crippen molar-refractivity contribution in [2.75, 3.05) is 5.06 Å². The number of benzene rings is 1. The molecule has 0 saturated carbocycles. The standard InChI is InChI=1S/C11H10NO/c1-2-5-10-8-9-6-3-4-7-11(9)12(10)13/h2-7H,1,8H2/q-1. The highest BCUT2D eigenvalue weighted by molar-refractivity contribution is 5.65. The van der Waals surface area contributed by atoms with E-state index in [1.807, 2.05) is 24.3 Å². The molecule has 2 rings (SSSR count). The number of fused-ring (bicyclic) bond motifs is 1. The minimum atomic E-state index is 0.714. The first-order valence-electron chi connectivity index (χ1n) is 4.19. The van der Waals surface area contributed by atoms with Crippen LogP contribution in [-0.2, 0) is 6.42 Å². The lowest BCUT2D eigenvalue weighted by atomic mass is 10.1. The molecular formula is C11H10NO-. The number of allylic oxidation sites excluding steroid dienone is 3. The van der Waals surface area contributed by atoms with Crippen LogP contribution in [0.25, 0.3) is 0 Å². The molecule has 2 heteroatoms. The van der Waals surface area contributed by atoms with Crippen LogP contribution in [0.4, 0.5) is 5.69 Å². The van der Waals surface area contributed by atoms with Crippen LogP contribution < -0.4 is 5.06 Å². The molecule has 0 radical (unpaired) electrons. The Balaban J connectivity index is 2.43. The smallest absolute Gasteiger partial charge is 0.0337 e. The lowest BCUT2D eigenvalue weighted by molar-refractivity contribution is 1.15. The summed E-state index contributed by atoms with van der Waals surface area (Å²) in [5.41, 5.74) is 2.61. The molecule has 0 bridgehead atoms. The highest BCUT2D eigenvalue weighted by Crippen LogP contribution is 2.32. The zero-order valence-corrected chi connectivity index (χ0v) is 7.23. The Morgan fingerprint density at radius 2 is 2.15 bits per heavy atom. The molecule has 0 amide bonds. The first kappa shape index (κ1) is 8.08. The van der Waals surface area contributed by atoms with Crippen molar-refractivity contribution in [3.8, 4) is 0 Å². The largest absolute Gasteiger partial charge is 0.754 e. The van der Waals surface area contributed by atoms with E-state index in [9.17, 15) is 5.21 Å². The molecule has 1 aliphatic rings. The molecule has 1 aromatic rings. The average Bonchev–Trinajstić information content (AvgIpc) is 2.46. The van der Waals surface area contributed by atoms with Gasteiger partial charge in [-0.25, -0.2) is 0 Å². The van der Waals surface area contributed by atoms with Crippen molar-refractivity contribution in [2.24, 2.45) is 0 Å². The average molecular weight is 172 g/mol. The molecule has 0 saturated heterocycles. The Morgan fingerprint density at radius 1 is 1.38 bits per heavy atom. The molecule has 0 aliphatic carbocycles. The highest BCUT2D eigenvalue weighted by atomic mass is 16.5. The van der Waals surface area contributed by atoms with Gasteiger partial charge in [-0.05, 0) is 17.7 Å². The van der Waals surface area contributed by atoms with Crippen molar-refractivity contribution < 1.29 is 0 Å². The minimum absolute atomic E-state index is 0.714. The number of anilines is 1. The predicted octanol–water partition coefficient (Wildman–Crippen LogP) is 2.62. The van der Waals surface area contributed by atoms with Crippen LogP contribution in [0.15, 0.2) is 48.7 Å². The molecule has 0 atom stereocenters. The molecule has 0 unspecified atom stereocenters. The van der Waals surface area contributed by atoms with Gasteiger partial charge in [0.25, 0.3) is 0 Å². The van der Waals surface area contributed by atoms with Crippen LogP contribution in [0.3, 0.4) is 0 Å². The van der Waals surface area contributed by atoms with E-state index < -0.39 is 0 Å². The van der Waals surface area contributed by atoms with E-state index >= 15 is 0 Å². The molecular weight excluding hydrogens is 162 g/mol. The van der Waals surface area contributed by atoms with Crippen LogP contribution in [0.1, 0.15) is 5.56 Å². The van der Waals surface area contributed by atoms with Crippen LogP contribution in [0.2, 0.25) is 0 Å². The van der Waals surface area contributed by atoms with Gasteiger partial charge < -0.3 is 10.3 Å². The topological polar surface area (TPSA) is 26.3 Å². The summed E-state index contributed by atoms with van der Waals surface area (Å²) in [7, 11) is 0. The molecule has 1 heterocycles. The molecule has 13 heavy (non-hydrogen) atoms. The van der Waals surface area contributed by atoms with E-state index in [-0.39, 0.29) is 0 Å². The molecule has 0 spiro atoms. The van der Waals surface area contributed by atoms with Gasteiger partial charge in [-0.1, -0.05) is 30.9 Å². The predicted molar refractivity (Wildman–Crippen MR) is 54.3 cm³/mol. The summed E-state index contributed by atoms with van der Waals surface area (Å²) in [5.74, 6) is 0. The number of nitrogens with zero attached hydrogens (tertiary/aromatic N) is 1. The Bertz CT molecular complexity index is 368. The van der Waals surface area contributed by atoms with Crippen molar-refractivity contribution in [3.63, 3.8) is 0 Å². The van der Waals surface area contributed by atoms with E-state index in [2.05, 4.69) is 6.58 Å². The second-order valence-corrected chi connectivity index (χ2v) is 2.99. The zero-order valence-electron chi connectivity index (χ0n) is 7.23. The Labute approximate surface area is 77.4 Å². The Morgan fingerprint density at radius 3 is 2.85 bits per heavy atom. The zero-order chi connectivity index (χ0) is 9.26. The summed E-state index contributed by atoms with van der Waals surface area (Å²) in [5, 5.41) is 12.6. The number of hydrogen-bond donors (Lipinski definition) is 0. The van der Waals surface area contributed by atoms with Gasteiger partial charge in [0.2, 0.25) is 0 Å². The molecule has 2 nitrogen and oxygen atoms in total. The summed E-state index contributed by atoms with van der Waals surface area (Å²) in [6.07, 6.45) is 4.12. The summed E-state index contributed by atoms with van der Waals surface area (Å²) in [4.78, 5) is 0. The number of hydroxylamine groups is 1. The number of hydrogen-bond acceptors (Lipinski definition) is 2. The van der Waals surface area contributed by atoms with Gasteiger partial charge >= 0.3 is 0 Å². The molecule has 0 aromatic heterocycles. The van der Waals surface area contributed by atoms with Gasteiger partial charge in [0.05, 0.1) is 0 Å². The van der Waals surface area contributed by atoms with Gasteiger partial charge in [0, 0.05) is 17.8 Å². The maximum absolute atomic E-state index is 11.6. The third kappa shape index (κ3) is 1.25. The van der Waals surface area contributed by atoms with Gasteiger partial charge in [0.1, 0.15) is 0 Å².